The summed E-state index contributed by atoms with van der Waals surface area (Å²) in [6, 6.07) is 6.26. The minimum absolute atomic E-state index is 0.726. The number of imidazole rings is 1. The van der Waals surface area contributed by atoms with Crippen molar-refractivity contribution in [3.63, 3.8) is 0 Å². The lowest BCUT2D eigenvalue weighted by molar-refractivity contribution is 0.644. The second-order valence-corrected chi connectivity index (χ2v) is 5.86. The summed E-state index contributed by atoms with van der Waals surface area (Å²) >= 11 is 3.52. The molecule has 5 heteroatoms. The highest BCUT2D eigenvalue weighted by molar-refractivity contribution is 9.10. The largest absolute Gasteiger partial charge is 0.376 e. The van der Waals surface area contributed by atoms with Gasteiger partial charge in [0.25, 0.3) is 0 Å². The van der Waals surface area contributed by atoms with Crippen molar-refractivity contribution in [2.24, 2.45) is 0 Å². The van der Waals surface area contributed by atoms with Crippen LogP contribution in [0.5, 0.6) is 0 Å². The number of benzene rings is 1. The standard InChI is InChI=1S/C15H21BrN4/c1-4-8-20-9-7-17-15(20)11-18-13-10-12(16)5-6-14(13)19(2)3/h5-7,9-10,18H,4,8,11H2,1-3H3. The van der Waals surface area contributed by atoms with Crippen molar-refractivity contribution >= 4 is 27.3 Å². The second kappa shape index (κ2) is 6.79. The molecule has 0 fully saturated rings. The Hall–Kier alpha value is -1.49. The number of aromatic nitrogens is 2. The second-order valence-electron chi connectivity index (χ2n) is 4.95. The molecule has 1 heterocycles. The van der Waals surface area contributed by atoms with E-state index in [1.54, 1.807) is 0 Å². The van der Waals surface area contributed by atoms with Gasteiger partial charge in [0.15, 0.2) is 0 Å². The van der Waals surface area contributed by atoms with Crippen LogP contribution in [0.2, 0.25) is 0 Å². The van der Waals surface area contributed by atoms with Gasteiger partial charge in [0.1, 0.15) is 5.82 Å². The number of nitrogens with zero attached hydrogens (tertiary/aromatic N) is 3. The molecule has 2 aromatic rings. The fourth-order valence-electron chi connectivity index (χ4n) is 2.17. The molecule has 0 bridgehead atoms. The fraction of sp³-hybridized carbons (Fsp3) is 0.400. The number of halogens is 1. The van der Waals surface area contributed by atoms with Gasteiger partial charge in [0.05, 0.1) is 17.9 Å². The monoisotopic (exact) mass is 336 g/mol. The summed E-state index contributed by atoms with van der Waals surface area (Å²) in [7, 11) is 4.10. The summed E-state index contributed by atoms with van der Waals surface area (Å²) in [6.45, 7) is 3.91. The highest BCUT2D eigenvalue weighted by atomic mass is 79.9. The molecule has 0 aliphatic carbocycles. The van der Waals surface area contributed by atoms with Gasteiger partial charge in [-0.05, 0) is 24.6 Å². The van der Waals surface area contributed by atoms with Gasteiger partial charge in [-0.3, -0.25) is 0 Å². The van der Waals surface area contributed by atoms with Crippen LogP contribution in [-0.2, 0) is 13.1 Å². The average molecular weight is 337 g/mol. The number of rotatable bonds is 6. The first-order valence-electron chi connectivity index (χ1n) is 6.82. The van der Waals surface area contributed by atoms with E-state index in [0.29, 0.717) is 0 Å². The molecule has 1 N–H and O–H groups in total. The zero-order chi connectivity index (χ0) is 14.5. The van der Waals surface area contributed by atoms with Crippen LogP contribution >= 0.6 is 15.9 Å². The van der Waals surface area contributed by atoms with E-state index >= 15 is 0 Å². The first-order chi connectivity index (χ1) is 9.61. The van der Waals surface area contributed by atoms with Crippen LogP contribution in [0.1, 0.15) is 19.2 Å². The molecule has 1 aromatic heterocycles. The Morgan fingerprint density at radius 2 is 2.15 bits per heavy atom. The lowest BCUT2D eigenvalue weighted by Gasteiger charge is -2.19. The van der Waals surface area contributed by atoms with Crippen LogP contribution in [0, 0.1) is 0 Å². The lowest BCUT2D eigenvalue weighted by atomic mass is 10.2. The third-order valence-electron chi connectivity index (χ3n) is 3.14. The number of hydrogen-bond donors (Lipinski definition) is 1. The quantitative estimate of drug-likeness (QED) is 0.872. The normalized spacial score (nSPS) is 10.6. The summed E-state index contributed by atoms with van der Waals surface area (Å²) in [6.07, 6.45) is 5.01. The molecule has 4 nitrogen and oxygen atoms in total. The Morgan fingerprint density at radius 3 is 2.85 bits per heavy atom. The molecule has 0 spiro atoms. The van der Waals surface area contributed by atoms with Gasteiger partial charge in [0, 0.05) is 37.5 Å². The van der Waals surface area contributed by atoms with Crippen LogP contribution < -0.4 is 10.2 Å². The van der Waals surface area contributed by atoms with Crippen LogP contribution in [-0.4, -0.2) is 23.6 Å². The molecule has 0 radical (unpaired) electrons. The SMILES string of the molecule is CCCn1ccnc1CNc1cc(Br)ccc1N(C)C. The van der Waals surface area contributed by atoms with Crippen molar-refractivity contribution in [1.29, 1.82) is 0 Å². The van der Waals surface area contributed by atoms with Gasteiger partial charge < -0.3 is 14.8 Å². The van der Waals surface area contributed by atoms with E-state index in [1.165, 1.54) is 5.69 Å². The van der Waals surface area contributed by atoms with E-state index in [-0.39, 0.29) is 0 Å². The maximum atomic E-state index is 4.42. The van der Waals surface area contributed by atoms with Crippen molar-refractivity contribution in [2.75, 3.05) is 24.3 Å². The lowest BCUT2D eigenvalue weighted by Crippen LogP contribution is -2.13. The van der Waals surface area contributed by atoms with Crippen molar-refractivity contribution in [3.8, 4) is 0 Å². The molecule has 0 saturated carbocycles. The summed E-state index contributed by atoms with van der Waals surface area (Å²) in [5, 5.41) is 3.48. The van der Waals surface area contributed by atoms with Crippen LogP contribution in [0.25, 0.3) is 0 Å². The third kappa shape index (κ3) is 3.54. The number of anilines is 2. The van der Waals surface area contributed by atoms with Crippen LogP contribution in [0.15, 0.2) is 35.1 Å². The summed E-state index contributed by atoms with van der Waals surface area (Å²) in [4.78, 5) is 6.53. The molecule has 0 unspecified atom stereocenters. The van der Waals surface area contributed by atoms with E-state index in [9.17, 15) is 0 Å². The molecule has 0 amide bonds. The molecule has 108 valence electrons. The van der Waals surface area contributed by atoms with E-state index in [0.717, 1.165) is 35.5 Å². The third-order valence-corrected chi connectivity index (χ3v) is 3.64. The van der Waals surface area contributed by atoms with Gasteiger partial charge in [0.2, 0.25) is 0 Å². The Balaban J connectivity index is 2.14. The molecule has 2 rings (SSSR count). The number of hydrogen-bond acceptors (Lipinski definition) is 3. The molecular formula is C15H21BrN4. The topological polar surface area (TPSA) is 33.1 Å². The predicted molar refractivity (Wildman–Crippen MR) is 88.3 cm³/mol. The minimum atomic E-state index is 0.726. The Kier molecular flexibility index (Phi) is 5.06. The Morgan fingerprint density at radius 1 is 1.35 bits per heavy atom. The maximum Gasteiger partial charge on any atom is 0.128 e. The number of nitrogens with one attached hydrogen (secondary N) is 1. The summed E-state index contributed by atoms with van der Waals surface area (Å²) in [5.41, 5.74) is 2.28. The average Bonchev–Trinajstić information content (AvgIpc) is 2.84. The molecule has 0 saturated heterocycles. The van der Waals surface area contributed by atoms with Gasteiger partial charge in [-0.25, -0.2) is 4.98 Å². The van der Waals surface area contributed by atoms with Gasteiger partial charge in [-0.15, -0.1) is 0 Å². The zero-order valence-electron chi connectivity index (χ0n) is 12.2. The maximum absolute atomic E-state index is 4.42. The molecule has 0 atom stereocenters. The van der Waals surface area contributed by atoms with Gasteiger partial charge >= 0.3 is 0 Å². The van der Waals surface area contributed by atoms with Crippen molar-refractivity contribution in [3.05, 3.63) is 40.9 Å². The summed E-state index contributed by atoms with van der Waals surface area (Å²) in [5.74, 6) is 1.07. The predicted octanol–water partition coefficient (Wildman–Crippen LogP) is 3.73. The molecule has 1 aromatic carbocycles. The molecule has 20 heavy (non-hydrogen) atoms. The first kappa shape index (κ1) is 14.9. The van der Waals surface area contributed by atoms with E-state index < -0.39 is 0 Å². The minimum Gasteiger partial charge on any atom is -0.376 e. The smallest absolute Gasteiger partial charge is 0.128 e. The molecular weight excluding hydrogens is 316 g/mol. The van der Waals surface area contributed by atoms with E-state index in [1.807, 2.05) is 26.5 Å². The van der Waals surface area contributed by atoms with Crippen molar-refractivity contribution < 1.29 is 0 Å². The van der Waals surface area contributed by atoms with Crippen molar-refractivity contribution in [1.82, 2.24) is 9.55 Å². The Labute approximate surface area is 128 Å². The summed E-state index contributed by atoms with van der Waals surface area (Å²) < 4.78 is 3.27. The zero-order valence-corrected chi connectivity index (χ0v) is 13.8. The van der Waals surface area contributed by atoms with Gasteiger partial charge in [-0.2, -0.15) is 0 Å². The van der Waals surface area contributed by atoms with E-state index in [4.69, 9.17) is 0 Å². The van der Waals surface area contributed by atoms with Gasteiger partial charge in [-0.1, -0.05) is 22.9 Å². The fourth-order valence-corrected chi connectivity index (χ4v) is 2.53. The van der Waals surface area contributed by atoms with Crippen LogP contribution in [0.3, 0.4) is 0 Å². The molecule has 0 aliphatic rings. The van der Waals surface area contributed by atoms with Crippen LogP contribution in [0.4, 0.5) is 11.4 Å². The van der Waals surface area contributed by atoms with E-state index in [2.05, 4.69) is 60.8 Å². The first-order valence-corrected chi connectivity index (χ1v) is 7.62. The Bertz CT molecular complexity index is 563. The van der Waals surface area contributed by atoms with Crippen molar-refractivity contribution in [2.45, 2.75) is 26.4 Å². The molecule has 0 aliphatic heterocycles. The highest BCUT2D eigenvalue weighted by Crippen LogP contribution is 2.28. The number of aryl methyl sites for hydroxylation is 1. The highest BCUT2D eigenvalue weighted by Gasteiger charge is 2.07.